The van der Waals surface area contributed by atoms with Gasteiger partial charge in [0, 0.05) is 73.0 Å². The van der Waals surface area contributed by atoms with E-state index in [-0.39, 0.29) is 22.8 Å². The first-order valence-electron chi connectivity index (χ1n) is 15.1. The number of anilines is 1. The number of hydrogen-bond donors (Lipinski definition) is 1. The number of fused-ring (bicyclic) bond motifs is 5. The third-order valence-corrected chi connectivity index (χ3v) is 10.6. The molecule has 0 spiro atoms. The zero-order valence-electron chi connectivity index (χ0n) is 23.8. The molecule has 2 bridgehead atoms. The topological polar surface area (TPSA) is 72.4 Å². The van der Waals surface area contributed by atoms with Gasteiger partial charge in [0.2, 0.25) is 0 Å². The molecule has 4 aliphatic heterocycles. The van der Waals surface area contributed by atoms with E-state index in [0.29, 0.717) is 45.1 Å². The van der Waals surface area contributed by atoms with Gasteiger partial charge in [-0.15, -0.1) is 0 Å². The predicted octanol–water partition coefficient (Wildman–Crippen LogP) is 5.66. The molecule has 4 aliphatic rings. The Morgan fingerprint density at radius 3 is 2.55 bits per heavy atom. The van der Waals surface area contributed by atoms with Crippen LogP contribution in [0.3, 0.4) is 0 Å². The second kappa shape index (κ2) is 9.98. The van der Waals surface area contributed by atoms with Gasteiger partial charge < -0.3 is 15.0 Å². The molecule has 2 aromatic carbocycles. The van der Waals surface area contributed by atoms with Gasteiger partial charge in [-0.05, 0) is 24.3 Å². The molecule has 0 saturated carbocycles. The maximum absolute atomic E-state index is 16.7. The second-order valence-corrected chi connectivity index (χ2v) is 12.8. The van der Waals surface area contributed by atoms with Crippen molar-refractivity contribution in [3.63, 3.8) is 0 Å². The minimum Gasteiger partial charge on any atom is -0.457 e. The summed E-state index contributed by atoms with van der Waals surface area (Å²) < 4.78 is 23.7. The Balaban J connectivity index is 1.25. The standard InChI is InChI=1S/C32H35ClFN6O2/c1-41-40-14-4-12-32(40,13-5-15-40)19-42-31-37-29-24(30(38-31)39-17-21-10-11-22(18-39)36-21)16-35-28(27(29)34)23-8-2-6-20-7-3-9-25(33)26(20)23/h2-3,6-9,16,21-22,36H,4-5,10-15,17-19H2,1H3/q+1. The minimum atomic E-state index is -0.492. The summed E-state index contributed by atoms with van der Waals surface area (Å²) in [4.78, 5) is 22.7. The number of pyridine rings is 1. The molecule has 4 fully saturated rings. The van der Waals surface area contributed by atoms with E-state index in [1.807, 2.05) is 36.4 Å². The van der Waals surface area contributed by atoms with Crippen molar-refractivity contribution in [2.75, 3.05) is 44.8 Å². The maximum Gasteiger partial charge on any atom is 0.319 e. The highest BCUT2D eigenvalue weighted by Crippen LogP contribution is 2.46. The van der Waals surface area contributed by atoms with Gasteiger partial charge in [-0.25, -0.2) is 9.23 Å². The fourth-order valence-corrected chi connectivity index (χ4v) is 8.54. The van der Waals surface area contributed by atoms with Crippen molar-refractivity contribution in [3.8, 4) is 17.3 Å². The van der Waals surface area contributed by atoms with E-state index < -0.39 is 5.82 Å². The van der Waals surface area contributed by atoms with Crippen LogP contribution in [0.2, 0.25) is 5.02 Å². The number of ether oxygens (including phenoxy) is 1. The Kier molecular flexibility index (Phi) is 6.30. The second-order valence-electron chi connectivity index (χ2n) is 12.4. The number of benzene rings is 2. The monoisotopic (exact) mass is 589 g/mol. The molecule has 2 aromatic heterocycles. The van der Waals surface area contributed by atoms with E-state index in [4.69, 9.17) is 31.1 Å². The lowest BCUT2D eigenvalue weighted by molar-refractivity contribution is -1.12. The Morgan fingerprint density at radius 1 is 1.07 bits per heavy atom. The van der Waals surface area contributed by atoms with Gasteiger partial charge in [0.15, 0.2) is 11.4 Å². The van der Waals surface area contributed by atoms with Crippen LogP contribution in [0, 0.1) is 5.82 Å². The van der Waals surface area contributed by atoms with Crippen LogP contribution in [0.15, 0.2) is 42.6 Å². The Morgan fingerprint density at radius 2 is 1.81 bits per heavy atom. The molecular formula is C32H35ClFN6O2+. The van der Waals surface area contributed by atoms with E-state index in [9.17, 15) is 0 Å². The zero-order valence-corrected chi connectivity index (χ0v) is 24.5. The maximum atomic E-state index is 16.7. The van der Waals surface area contributed by atoms with Crippen molar-refractivity contribution in [2.24, 2.45) is 0 Å². The Hall–Kier alpha value is -3.11. The van der Waals surface area contributed by atoms with Crippen LogP contribution in [0.25, 0.3) is 32.9 Å². The number of hydrogen-bond acceptors (Lipinski definition) is 7. The molecule has 4 aromatic rings. The molecular weight excluding hydrogens is 555 g/mol. The van der Waals surface area contributed by atoms with E-state index in [2.05, 4.69) is 15.2 Å². The number of quaternary nitrogens is 1. The fraction of sp³-hybridized carbons (Fsp3) is 0.469. The van der Waals surface area contributed by atoms with E-state index in [1.54, 1.807) is 13.3 Å². The first-order valence-corrected chi connectivity index (χ1v) is 15.5. The summed E-state index contributed by atoms with van der Waals surface area (Å²) in [6.45, 7) is 4.03. The molecule has 0 radical (unpaired) electrons. The summed E-state index contributed by atoms with van der Waals surface area (Å²) in [6, 6.07) is 12.4. The van der Waals surface area contributed by atoms with Crippen LogP contribution in [0.1, 0.15) is 38.5 Å². The molecule has 2 unspecified atom stereocenters. The van der Waals surface area contributed by atoms with Crippen molar-refractivity contribution in [1.82, 2.24) is 20.3 Å². The lowest BCUT2D eigenvalue weighted by atomic mass is 9.95. The third kappa shape index (κ3) is 4.01. The van der Waals surface area contributed by atoms with Crippen molar-refractivity contribution < 1.29 is 18.6 Å². The molecule has 8 nitrogen and oxygen atoms in total. The normalized spacial score (nSPS) is 28.6. The van der Waals surface area contributed by atoms with Crippen molar-refractivity contribution in [1.29, 1.82) is 0 Å². The fourth-order valence-electron chi connectivity index (χ4n) is 8.26. The first-order chi connectivity index (χ1) is 20.5. The average Bonchev–Trinajstić information content (AvgIpc) is 3.66. The first kappa shape index (κ1) is 26.5. The zero-order chi connectivity index (χ0) is 28.5. The smallest absolute Gasteiger partial charge is 0.319 e. The van der Waals surface area contributed by atoms with Crippen LogP contribution in [-0.2, 0) is 4.84 Å². The quantitative estimate of drug-likeness (QED) is 0.291. The van der Waals surface area contributed by atoms with Gasteiger partial charge in [-0.3, -0.25) is 4.98 Å². The molecule has 2 atom stereocenters. The van der Waals surface area contributed by atoms with E-state index in [1.165, 1.54) is 0 Å². The largest absolute Gasteiger partial charge is 0.457 e. The molecule has 8 rings (SSSR count). The predicted molar refractivity (Wildman–Crippen MR) is 161 cm³/mol. The number of nitrogens with zero attached hydrogens (tertiary/aromatic N) is 5. The molecule has 0 amide bonds. The number of nitrogens with one attached hydrogen (secondary N) is 1. The van der Waals surface area contributed by atoms with Gasteiger partial charge in [-0.1, -0.05) is 41.9 Å². The van der Waals surface area contributed by atoms with Gasteiger partial charge in [-0.2, -0.15) is 14.6 Å². The van der Waals surface area contributed by atoms with Gasteiger partial charge in [0.25, 0.3) is 0 Å². The highest BCUT2D eigenvalue weighted by atomic mass is 35.5. The van der Waals surface area contributed by atoms with Crippen LogP contribution in [0.5, 0.6) is 6.01 Å². The van der Waals surface area contributed by atoms with Crippen LogP contribution in [0.4, 0.5) is 10.2 Å². The summed E-state index contributed by atoms with van der Waals surface area (Å²) in [7, 11) is 1.80. The van der Waals surface area contributed by atoms with Gasteiger partial charge >= 0.3 is 6.01 Å². The molecule has 4 saturated heterocycles. The number of hydroxylamine groups is 3. The van der Waals surface area contributed by atoms with Gasteiger partial charge in [0.1, 0.15) is 36.7 Å². The van der Waals surface area contributed by atoms with Crippen molar-refractivity contribution in [2.45, 2.75) is 56.1 Å². The van der Waals surface area contributed by atoms with Crippen LogP contribution >= 0.6 is 11.6 Å². The summed E-state index contributed by atoms with van der Waals surface area (Å²) in [5.41, 5.74) is 0.955. The summed E-state index contributed by atoms with van der Waals surface area (Å²) >= 11 is 6.62. The number of rotatable bonds is 6. The SMILES string of the molecule is CO[N+]12CCCC1(COc1nc(N3CC4CCC(C3)N4)c3cnc(-c4cccc5cccc(Cl)c45)c(F)c3n1)CCC2. The summed E-state index contributed by atoms with van der Waals surface area (Å²) in [6.07, 6.45) is 8.24. The Bertz CT molecular complexity index is 1670. The van der Waals surface area contributed by atoms with E-state index >= 15 is 4.39 Å². The molecule has 6 heterocycles. The highest BCUT2D eigenvalue weighted by molar-refractivity contribution is 6.36. The molecule has 42 heavy (non-hydrogen) atoms. The molecule has 10 heteroatoms. The third-order valence-electron chi connectivity index (χ3n) is 10.3. The molecule has 0 aliphatic carbocycles. The van der Waals surface area contributed by atoms with Crippen LogP contribution < -0.4 is 15.0 Å². The lowest BCUT2D eigenvalue weighted by Crippen LogP contribution is -2.58. The average molecular weight is 590 g/mol. The lowest BCUT2D eigenvalue weighted by Gasteiger charge is -2.39. The van der Waals surface area contributed by atoms with E-state index in [0.717, 1.165) is 75.5 Å². The van der Waals surface area contributed by atoms with Crippen molar-refractivity contribution in [3.05, 3.63) is 53.4 Å². The molecule has 218 valence electrons. The van der Waals surface area contributed by atoms with Crippen LogP contribution in [-0.4, -0.2) is 77.1 Å². The van der Waals surface area contributed by atoms with Gasteiger partial charge in [0.05, 0.1) is 12.5 Å². The number of piperazine rings is 1. The number of aromatic nitrogens is 3. The molecule has 1 N–H and O–H groups in total. The highest BCUT2D eigenvalue weighted by Gasteiger charge is 2.61. The Labute approximate surface area is 249 Å². The summed E-state index contributed by atoms with van der Waals surface area (Å²) in [5.74, 6) is 0.193. The van der Waals surface area contributed by atoms with Crippen molar-refractivity contribution >= 4 is 39.1 Å². The number of halogens is 2. The summed E-state index contributed by atoms with van der Waals surface area (Å²) in [5, 5.41) is 6.53. The minimum absolute atomic E-state index is 0.122.